The maximum Gasteiger partial charge on any atom is 0.326 e. The number of aliphatic carboxylic acids is 2. The van der Waals surface area contributed by atoms with E-state index in [1.807, 2.05) is 0 Å². The molecule has 0 unspecified atom stereocenters. The molecule has 0 saturated heterocycles. The SMILES string of the molecule is CSCC[C@H](NC(=O)[C@H](CCC(=O)O)NC(=O)[C@H](CC(C)C)NC(=O)[C@@H](N)[C@@H](C)O)C(=O)N[C@@H](CC(C)C)C(=O)N[C@@H](Cc1cnc[nH]1)C(=O)N[C@@H](CC(C)C)C(=O)NCC(=O)N[C@@H](CC(N)=O)C(=O)O. The van der Waals surface area contributed by atoms with Crippen LogP contribution in [-0.2, 0) is 59.2 Å². The molecule has 0 aliphatic heterocycles. The van der Waals surface area contributed by atoms with E-state index >= 15 is 0 Å². The number of rotatable bonds is 34. The number of aromatic amines is 1. The first kappa shape index (κ1) is 62.7. The number of nitrogens with zero attached hydrogens (tertiary/aromatic N) is 1. The minimum atomic E-state index is -1.65. The molecule has 26 nitrogen and oxygen atoms in total. The van der Waals surface area contributed by atoms with Crippen LogP contribution in [0.4, 0.5) is 0 Å². The van der Waals surface area contributed by atoms with Crippen molar-refractivity contribution in [3.05, 3.63) is 18.2 Å². The third kappa shape index (κ3) is 24.9. The monoisotopic (exact) mass is 1030 g/mol. The summed E-state index contributed by atoms with van der Waals surface area (Å²) in [6.07, 6.45) is 1.52. The van der Waals surface area contributed by atoms with Gasteiger partial charge in [0.25, 0.3) is 0 Å². The number of imidazole rings is 1. The molecule has 1 heterocycles. The van der Waals surface area contributed by atoms with Crippen molar-refractivity contribution >= 4 is 76.9 Å². The average Bonchev–Trinajstić information content (AvgIpc) is 3.79. The van der Waals surface area contributed by atoms with E-state index in [1.165, 1.54) is 31.2 Å². The lowest BCUT2D eigenvalue weighted by Gasteiger charge is -2.28. The van der Waals surface area contributed by atoms with Crippen LogP contribution in [0.3, 0.4) is 0 Å². The molecule has 0 radical (unpaired) electrons. The predicted molar refractivity (Wildman–Crippen MR) is 258 cm³/mol. The van der Waals surface area contributed by atoms with Crippen LogP contribution in [0.2, 0.25) is 0 Å². The highest BCUT2D eigenvalue weighted by Crippen LogP contribution is 2.13. The van der Waals surface area contributed by atoms with E-state index in [2.05, 4.69) is 52.5 Å². The molecule has 0 aromatic carbocycles. The molecular weight excluding hydrogens is 953 g/mol. The summed E-state index contributed by atoms with van der Waals surface area (Å²) in [6, 6.07) is -11.1. The van der Waals surface area contributed by atoms with Crippen LogP contribution < -0.4 is 54.0 Å². The highest BCUT2D eigenvalue weighted by Gasteiger charge is 2.35. The van der Waals surface area contributed by atoms with Gasteiger partial charge in [-0.3, -0.25) is 47.9 Å². The minimum Gasteiger partial charge on any atom is -0.481 e. The Balaban J connectivity index is 3.44. The molecule has 0 aliphatic rings. The summed E-state index contributed by atoms with van der Waals surface area (Å²) in [5.74, 6) is -11.0. The number of primary amides is 1. The highest BCUT2D eigenvalue weighted by molar-refractivity contribution is 7.98. The number of hydrogen-bond acceptors (Lipinski definition) is 15. The van der Waals surface area contributed by atoms with Crippen molar-refractivity contribution in [1.82, 2.24) is 52.5 Å². The van der Waals surface area contributed by atoms with Crippen molar-refractivity contribution in [2.75, 3.05) is 18.6 Å². The molecule has 0 bridgehead atoms. The highest BCUT2D eigenvalue weighted by atomic mass is 32.2. The number of carboxylic acids is 2. The summed E-state index contributed by atoms with van der Waals surface area (Å²) in [7, 11) is 0. The van der Waals surface area contributed by atoms with Crippen molar-refractivity contribution in [3.8, 4) is 0 Å². The van der Waals surface area contributed by atoms with Crippen molar-refractivity contribution in [1.29, 1.82) is 0 Å². The molecule has 0 aliphatic carbocycles. The molecule has 27 heteroatoms. The van der Waals surface area contributed by atoms with Gasteiger partial charge in [0.2, 0.25) is 53.2 Å². The molecule has 0 fully saturated rings. The smallest absolute Gasteiger partial charge is 0.326 e. The molecule has 0 spiro atoms. The van der Waals surface area contributed by atoms with Crippen molar-refractivity contribution < 1.29 is 68.1 Å². The maximum atomic E-state index is 14.2. The molecule has 1 aromatic rings. The minimum absolute atomic E-state index is 0.0109. The Labute approximate surface area is 416 Å². The Morgan fingerprint density at radius 1 is 0.620 bits per heavy atom. The molecule has 9 atom stereocenters. The molecule has 1 aromatic heterocycles. The second-order valence-corrected chi connectivity index (χ2v) is 19.3. The number of nitrogens with one attached hydrogen (secondary N) is 9. The fraction of sp³-hybridized carbons (Fsp3) is 0.682. The maximum absolute atomic E-state index is 14.2. The van der Waals surface area contributed by atoms with Gasteiger partial charge in [-0.05, 0) is 68.8 Å². The molecule has 1 rings (SSSR count). The largest absolute Gasteiger partial charge is 0.481 e. The lowest BCUT2D eigenvalue weighted by Crippen LogP contribution is -2.60. The van der Waals surface area contributed by atoms with Crippen LogP contribution in [0.15, 0.2) is 12.5 Å². The Hall–Kier alpha value is -6.35. The molecule has 71 heavy (non-hydrogen) atoms. The molecule has 400 valence electrons. The van der Waals surface area contributed by atoms with Gasteiger partial charge in [0.1, 0.15) is 48.3 Å². The van der Waals surface area contributed by atoms with E-state index in [0.717, 1.165) is 0 Å². The van der Waals surface area contributed by atoms with Gasteiger partial charge in [0, 0.05) is 24.7 Å². The number of carbonyl (C=O) groups excluding carboxylic acids is 9. The van der Waals surface area contributed by atoms with Crippen LogP contribution in [0.25, 0.3) is 0 Å². The molecule has 16 N–H and O–H groups in total. The van der Waals surface area contributed by atoms with E-state index < -0.39 is 145 Å². The average molecular weight is 1030 g/mol. The summed E-state index contributed by atoms with van der Waals surface area (Å²) in [5.41, 5.74) is 11.2. The number of aliphatic hydroxyl groups is 1. The number of carbonyl (C=O) groups is 11. The molecule has 0 saturated carbocycles. The summed E-state index contributed by atoms with van der Waals surface area (Å²) in [5, 5.41) is 48.5. The van der Waals surface area contributed by atoms with E-state index in [-0.39, 0.29) is 49.9 Å². The predicted octanol–water partition coefficient (Wildman–Crippen LogP) is -3.11. The van der Waals surface area contributed by atoms with Crippen LogP contribution >= 0.6 is 11.8 Å². The number of amides is 9. The fourth-order valence-electron chi connectivity index (χ4n) is 6.76. The second-order valence-electron chi connectivity index (χ2n) is 18.4. The van der Waals surface area contributed by atoms with Gasteiger partial charge >= 0.3 is 11.9 Å². The van der Waals surface area contributed by atoms with Crippen molar-refractivity contribution in [3.63, 3.8) is 0 Å². The van der Waals surface area contributed by atoms with E-state index in [4.69, 9.17) is 11.5 Å². The third-order valence-electron chi connectivity index (χ3n) is 10.4. The van der Waals surface area contributed by atoms with E-state index in [1.54, 1.807) is 47.8 Å². The van der Waals surface area contributed by atoms with Gasteiger partial charge in [0.05, 0.1) is 25.4 Å². The van der Waals surface area contributed by atoms with Crippen LogP contribution in [0, 0.1) is 17.8 Å². The van der Waals surface area contributed by atoms with Crippen LogP contribution in [0.1, 0.15) is 99.1 Å². The first-order valence-corrected chi connectivity index (χ1v) is 24.6. The van der Waals surface area contributed by atoms with Gasteiger partial charge in [0.15, 0.2) is 0 Å². The first-order chi connectivity index (χ1) is 33.1. The Morgan fingerprint density at radius 2 is 1.06 bits per heavy atom. The number of H-pyrrole nitrogens is 1. The zero-order chi connectivity index (χ0) is 54.1. The number of hydrogen-bond donors (Lipinski definition) is 14. The number of thioether (sulfide) groups is 1. The Kier molecular flexibility index (Phi) is 28.1. The van der Waals surface area contributed by atoms with Crippen molar-refractivity contribution in [2.24, 2.45) is 29.2 Å². The number of nitrogens with two attached hydrogens (primary N) is 2. The van der Waals surface area contributed by atoms with Gasteiger partial charge in [-0.2, -0.15) is 11.8 Å². The number of aromatic nitrogens is 2. The quantitative estimate of drug-likeness (QED) is 0.0325. The van der Waals surface area contributed by atoms with Crippen LogP contribution in [0.5, 0.6) is 0 Å². The lowest BCUT2D eigenvalue weighted by atomic mass is 10.00. The van der Waals surface area contributed by atoms with E-state index in [0.29, 0.717) is 11.4 Å². The zero-order valence-electron chi connectivity index (χ0n) is 41.5. The normalized spacial score (nSPS) is 15.1. The van der Waals surface area contributed by atoms with Gasteiger partial charge in [-0.25, -0.2) is 9.78 Å². The van der Waals surface area contributed by atoms with Gasteiger partial charge in [-0.15, -0.1) is 0 Å². The number of aliphatic hydroxyl groups excluding tert-OH is 1. The van der Waals surface area contributed by atoms with Crippen molar-refractivity contribution in [2.45, 2.75) is 154 Å². The first-order valence-electron chi connectivity index (χ1n) is 23.2. The van der Waals surface area contributed by atoms with E-state index in [9.17, 15) is 68.1 Å². The summed E-state index contributed by atoms with van der Waals surface area (Å²) in [4.78, 5) is 150. The molecular formula is C44H74N12O14S. The summed E-state index contributed by atoms with van der Waals surface area (Å²) in [6.45, 7) is 11.2. The standard InChI is InChI=1S/C44H74N12O14S/c1-21(2)13-28(37(62)48-19-34(59)50-32(44(69)70)17-33(45)58)53-42(67)31(16-25-18-47-20-49-25)55-41(66)29(14-22(3)4)54-39(64)27(11-12-71-8)52-38(63)26(9-10-35(60)61)51-40(65)30(15-23(5)6)56-43(68)36(46)24(7)57/h18,20-24,26-32,36,57H,9-17,19,46H2,1-8H3,(H2,45,58)(H,47,49)(H,48,62)(H,50,59)(H,51,65)(H,52,63)(H,53,67)(H,54,64)(H,55,66)(H,56,68)(H,60,61)(H,69,70)/t24-,26+,27+,28+,29+,30+,31+,32+,36+/m1/s1. The van der Waals surface area contributed by atoms with Gasteiger partial charge < -0.3 is 74.3 Å². The topological polar surface area (TPSA) is 425 Å². The summed E-state index contributed by atoms with van der Waals surface area (Å²) >= 11 is 1.33. The zero-order valence-corrected chi connectivity index (χ0v) is 42.3. The van der Waals surface area contributed by atoms with Crippen LogP contribution in [-0.4, -0.2) is 163 Å². The second kappa shape index (κ2) is 31.8. The fourth-order valence-corrected chi connectivity index (χ4v) is 7.23. The Bertz CT molecular complexity index is 1970. The Morgan fingerprint density at radius 3 is 1.48 bits per heavy atom. The molecule has 9 amide bonds. The summed E-state index contributed by atoms with van der Waals surface area (Å²) < 4.78 is 0. The van der Waals surface area contributed by atoms with Gasteiger partial charge in [-0.1, -0.05) is 41.5 Å². The number of carboxylic acid groups (broad SMARTS) is 2. The third-order valence-corrected chi connectivity index (χ3v) is 11.1. The lowest BCUT2D eigenvalue weighted by molar-refractivity contribution is -0.143.